The summed E-state index contributed by atoms with van der Waals surface area (Å²) in [6.07, 6.45) is 1.47. The van der Waals surface area contributed by atoms with Crippen LogP contribution in [0.1, 0.15) is 42.7 Å². The number of ether oxygens (including phenoxy) is 1. The predicted molar refractivity (Wildman–Crippen MR) is 132 cm³/mol. The van der Waals surface area contributed by atoms with Crippen molar-refractivity contribution in [3.63, 3.8) is 0 Å². The van der Waals surface area contributed by atoms with E-state index >= 15 is 0 Å². The highest BCUT2D eigenvalue weighted by Crippen LogP contribution is 2.44. The molecule has 2 unspecified atom stereocenters. The monoisotopic (exact) mass is 482 g/mol. The van der Waals surface area contributed by atoms with E-state index in [1.807, 2.05) is 48.2 Å². The van der Waals surface area contributed by atoms with Gasteiger partial charge in [-0.05, 0) is 53.0 Å². The third-order valence-corrected chi connectivity index (χ3v) is 7.73. The van der Waals surface area contributed by atoms with E-state index in [9.17, 15) is 19.5 Å². The van der Waals surface area contributed by atoms with Crippen LogP contribution in [0.5, 0.6) is 0 Å². The molecule has 180 valence electrons. The Bertz CT molecular complexity index is 1010. The number of nitrogens with one attached hydrogen (secondary N) is 1. The number of thioether (sulfide) groups is 1. The highest BCUT2D eigenvalue weighted by Gasteiger charge is 2.32. The summed E-state index contributed by atoms with van der Waals surface area (Å²) in [6, 6.07) is 14.9. The van der Waals surface area contributed by atoms with E-state index in [0.717, 1.165) is 53.0 Å². The lowest BCUT2D eigenvalue weighted by atomic mass is 9.98. The second-order valence-corrected chi connectivity index (χ2v) is 9.99. The summed E-state index contributed by atoms with van der Waals surface area (Å²) in [7, 11) is 1.69. The molecule has 0 bridgehead atoms. The molecule has 7 nitrogen and oxygen atoms in total. The van der Waals surface area contributed by atoms with Crippen LogP contribution >= 0.6 is 11.8 Å². The molecule has 2 N–H and O–H groups in total. The van der Waals surface area contributed by atoms with Crippen LogP contribution in [0.25, 0.3) is 11.1 Å². The van der Waals surface area contributed by atoms with Crippen molar-refractivity contribution in [1.29, 1.82) is 0 Å². The van der Waals surface area contributed by atoms with Gasteiger partial charge in [-0.2, -0.15) is 11.8 Å². The van der Waals surface area contributed by atoms with E-state index in [-0.39, 0.29) is 18.6 Å². The van der Waals surface area contributed by atoms with Crippen LogP contribution < -0.4 is 5.32 Å². The average molecular weight is 483 g/mol. The highest BCUT2D eigenvalue weighted by atomic mass is 32.2. The quantitative estimate of drug-likeness (QED) is 0.617. The molecule has 2 aromatic carbocycles. The minimum Gasteiger partial charge on any atom is -0.481 e. The van der Waals surface area contributed by atoms with E-state index in [1.54, 1.807) is 11.9 Å². The van der Waals surface area contributed by atoms with Crippen molar-refractivity contribution in [2.24, 2.45) is 0 Å². The molecule has 4 rings (SSSR count). The lowest BCUT2D eigenvalue weighted by molar-refractivity contribution is -0.143. The molecule has 0 radical (unpaired) electrons. The minimum absolute atomic E-state index is 0.0445. The van der Waals surface area contributed by atoms with Crippen LogP contribution in [-0.4, -0.2) is 65.2 Å². The van der Waals surface area contributed by atoms with E-state index < -0.39 is 30.4 Å². The number of carbonyl (C=O) groups excluding carboxylic acids is 2. The van der Waals surface area contributed by atoms with E-state index in [1.165, 1.54) is 0 Å². The van der Waals surface area contributed by atoms with Crippen molar-refractivity contribution in [1.82, 2.24) is 10.2 Å². The normalized spacial score (nSPS) is 18.2. The van der Waals surface area contributed by atoms with Gasteiger partial charge in [0.15, 0.2) is 0 Å². The predicted octanol–water partition coefficient (Wildman–Crippen LogP) is 4.11. The summed E-state index contributed by atoms with van der Waals surface area (Å²) >= 11 is 1.87. The minimum atomic E-state index is -1.17. The number of rotatable bonds is 7. The summed E-state index contributed by atoms with van der Waals surface area (Å²) in [4.78, 5) is 38.8. The zero-order valence-electron chi connectivity index (χ0n) is 19.2. The first kappa shape index (κ1) is 24.1. The maximum atomic E-state index is 13.1. The molecule has 34 heavy (non-hydrogen) atoms. The average Bonchev–Trinajstić information content (AvgIpc) is 2.97. The van der Waals surface area contributed by atoms with Gasteiger partial charge in [0.1, 0.15) is 12.6 Å². The third-order valence-electron chi connectivity index (χ3n) is 6.63. The zero-order chi connectivity index (χ0) is 24.1. The Kier molecular flexibility index (Phi) is 7.77. The summed E-state index contributed by atoms with van der Waals surface area (Å²) in [5.41, 5.74) is 4.41. The highest BCUT2D eigenvalue weighted by molar-refractivity contribution is 7.99. The molecule has 1 aliphatic carbocycles. The number of amides is 2. The topological polar surface area (TPSA) is 95.9 Å². The Balaban J connectivity index is 1.41. The summed E-state index contributed by atoms with van der Waals surface area (Å²) in [5, 5.41) is 11.9. The van der Waals surface area contributed by atoms with E-state index in [2.05, 4.69) is 17.4 Å². The lowest BCUT2D eigenvalue weighted by Gasteiger charge is -2.30. The van der Waals surface area contributed by atoms with Crippen LogP contribution in [0.2, 0.25) is 0 Å². The van der Waals surface area contributed by atoms with Gasteiger partial charge in [-0.15, -0.1) is 0 Å². The largest absolute Gasteiger partial charge is 0.481 e. The molecule has 8 heteroatoms. The van der Waals surface area contributed by atoms with Gasteiger partial charge in [0.05, 0.1) is 6.42 Å². The fraction of sp³-hybridized carbons (Fsp3) is 0.423. The van der Waals surface area contributed by atoms with Gasteiger partial charge in [0.2, 0.25) is 5.91 Å². The number of carbonyl (C=O) groups is 3. The summed E-state index contributed by atoms with van der Waals surface area (Å²) in [5.74, 6) is 0.369. The first-order chi connectivity index (χ1) is 16.5. The number of alkyl carbamates (subject to hydrolysis) is 1. The van der Waals surface area contributed by atoms with Crippen LogP contribution in [0.3, 0.4) is 0 Å². The van der Waals surface area contributed by atoms with Gasteiger partial charge in [0, 0.05) is 19.0 Å². The number of likely N-dealkylation sites (N-methyl/N-ethyl adjacent to an activating group) is 1. The first-order valence-electron chi connectivity index (χ1n) is 11.6. The van der Waals surface area contributed by atoms with Gasteiger partial charge in [0.25, 0.3) is 0 Å². The number of carboxylic acids is 1. The van der Waals surface area contributed by atoms with Crippen molar-refractivity contribution in [3.8, 4) is 11.1 Å². The number of nitrogens with zero attached hydrogens (tertiary/aromatic N) is 1. The molecule has 2 aromatic rings. The molecular formula is C26H30N2O5S. The Labute approximate surface area is 203 Å². The van der Waals surface area contributed by atoms with Crippen molar-refractivity contribution in [2.45, 2.75) is 43.7 Å². The van der Waals surface area contributed by atoms with Gasteiger partial charge in [-0.1, -0.05) is 48.5 Å². The summed E-state index contributed by atoms with van der Waals surface area (Å²) in [6.45, 7) is 0.101. The number of aliphatic carboxylic acids is 1. The fourth-order valence-corrected chi connectivity index (χ4v) is 5.87. The zero-order valence-corrected chi connectivity index (χ0v) is 20.1. The molecule has 0 spiro atoms. The van der Waals surface area contributed by atoms with Gasteiger partial charge in [-0.3, -0.25) is 9.59 Å². The third kappa shape index (κ3) is 5.38. The van der Waals surface area contributed by atoms with Crippen LogP contribution in [0.15, 0.2) is 48.5 Å². The van der Waals surface area contributed by atoms with Gasteiger partial charge >= 0.3 is 12.1 Å². The van der Waals surface area contributed by atoms with E-state index in [4.69, 9.17) is 4.74 Å². The Morgan fingerprint density at radius 3 is 2.35 bits per heavy atom. The Morgan fingerprint density at radius 2 is 1.71 bits per heavy atom. The van der Waals surface area contributed by atoms with Crippen LogP contribution in [0.4, 0.5) is 4.79 Å². The number of hydrogen-bond acceptors (Lipinski definition) is 5. The van der Waals surface area contributed by atoms with Crippen molar-refractivity contribution in [2.75, 3.05) is 25.2 Å². The fourth-order valence-electron chi connectivity index (χ4n) is 4.86. The molecule has 1 saturated heterocycles. The molecule has 0 aromatic heterocycles. The molecule has 2 amide bonds. The molecule has 2 aliphatic rings. The first-order valence-corrected chi connectivity index (χ1v) is 12.8. The SMILES string of the molecule is CN(C(=O)C(CC(=O)O)NC(=O)OCC1c2ccccc2-c2ccccc21)C1CCCSCC1. The number of benzene rings is 2. The van der Waals surface area contributed by atoms with Crippen molar-refractivity contribution >= 4 is 29.7 Å². The van der Waals surface area contributed by atoms with Crippen LogP contribution in [-0.2, 0) is 14.3 Å². The Hall–Kier alpha value is -3.00. The smallest absolute Gasteiger partial charge is 0.407 e. The standard InChI is InChI=1S/C26H30N2O5S/c1-28(17-7-6-13-34-14-12-17)25(31)23(15-24(29)30)27-26(32)33-16-22-20-10-4-2-8-18(20)19-9-3-5-11-21(19)22/h2-5,8-11,17,22-23H,6-7,12-16H2,1H3,(H,27,32)(H,29,30). The molecular weight excluding hydrogens is 452 g/mol. The maximum Gasteiger partial charge on any atom is 0.407 e. The second kappa shape index (κ2) is 11.0. The molecule has 1 heterocycles. The number of fused-ring (bicyclic) bond motifs is 3. The van der Waals surface area contributed by atoms with E-state index in [0.29, 0.717) is 0 Å². The van der Waals surface area contributed by atoms with Crippen molar-refractivity contribution < 1.29 is 24.2 Å². The molecule has 1 fully saturated rings. The van der Waals surface area contributed by atoms with Gasteiger partial charge < -0.3 is 20.1 Å². The molecule has 0 saturated carbocycles. The van der Waals surface area contributed by atoms with Crippen molar-refractivity contribution in [3.05, 3.63) is 59.7 Å². The lowest BCUT2D eigenvalue weighted by Crippen LogP contribution is -2.51. The summed E-state index contributed by atoms with van der Waals surface area (Å²) < 4.78 is 5.53. The van der Waals surface area contributed by atoms with Gasteiger partial charge in [-0.25, -0.2) is 4.79 Å². The number of carboxylic acid groups (broad SMARTS) is 1. The molecule has 1 aliphatic heterocycles. The second-order valence-electron chi connectivity index (χ2n) is 8.77. The van der Waals surface area contributed by atoms with Crippen LogP contribution in [0, 0.1) is 0 Å². The molecule has 2 atom stereocenters. The maximum absolute atomic E-state index is 13.1. The number of hydrogen-bond donors (Lipinski definition) is 2. The Morgan fingerprint density at radius 1 is 1.06 bits per heavy atom.